The Morgan fingerprint density at radius 2 is 1.69 bits per heavy atom. The lowest BCUT2D eigenvalue weighted by Crippen LogP contribution is -2.41. The van der Waals surface area contributed by atoms with Crippen LogP contribution in [0, 0.1) is 18.3 Å². The number of rotatable bonds is 5. The maximum absolute atomic E-state index is 13.4. The van der Waals surface area contributed by atoms with E-state index in [2.05, 4.69) is 6.07 Å². The zero-order chi connectivity index (χ0) is 27.7. The molecule has 0 saturated carbocycles. The third-order valence-corrected chi connectivity index (χ3v) is 7.69. The number of nitrogens with two attached hydrogens (primary N) is 1. The number of aromatic nitrogens is 1. The zero-order valence-electron chi connectivity index (χ0n) is 21.5. The highest BCUT2D eigenvalue weighted by Crippen LogP contribution is 2.44. The second kappa shape index (κ2) is 10.4. The first kappa shape index (κ1) is 25.7. The first-order valence-electron chi connectivity index (χ1n) is 12.0. The summed E-state index contributed by atoms with van der Waals surface area (Å²) in [7, 11) is 2.45. The minimum absolute atomic E-state index is 0.0176. The van der Waals surface area contributed by atoms with Crippen molar-refractivity contribution in [3.63, 3.8) is 0 Å². The molecule has 0 radical (unpaired) electrons. The van der Waals surface area contributed by atoms with Gasteiger partial charge in [0.15, 0.2) is 0 Å². The highest BCUT2D eigenvalue weighted by atomic mass is 32.1. The number of hydrogen-bond acceptors (Lipinski definition) is 9. The molecule has 2 heterocycles. The summed E-state index contributed by atoms with van der Waals surface area (Å²) in [5.74, 6) is -2.47. The molecular weight excluding hydrogens is 512 g/mol. The van der Waals surface area contributed by atoms with Gasteiger partial charge in [-0.25, -0.2) is 14.6 Å². The molecule has 0 spiro atoms. The number of benzene rings is 3. The van der Waals surface area contributed by atoms with Gasteiger partial charge in [-0.3, -0.25) is 4.90 Å². The molecule has 9 heteroatoms. The number of aryl methyl sites for hydroxylation is 1. The van der Waals surface area contributed by atoms with Gasteiger partial charge < -0.3 is 15.2 Å². The van der Waals surface area contributed by atoms with E-state index in [1.165, 1.54) is 30.5 Å². The van der Waals surface area contributed by atoms with Gasteiger partial charge in [-0.2, -0.15) is 5.26 Å². The molecule has 1 aromatic heterocycles. The highest BCUT2D eigenvalue weighted by Gasteiger charge is 2.43. The predicted molar refractivity (Wildman–Crippen MR) is 149 cm³/mol. The Kier molecular flexibility index (Phi) is 6.88. The van der Waals surface area contributed by atoms with Crippen molar-refractivity contribution in [1.29, 1.82) is 5.26 Å². The Bertz CT molecular complexity index is 1680. The molecule has 4 aromatic rings. The fourth-order valence-corrected chi connectivity index (χ4v) is 5.70. The summed E-state index contributed by atoms with van der Waals surface area (Å²) in [6, 6.07) is 24.6. The molecule has 5 rings (SSSR count). The number of nitrogens with zero attached hydrogens (tertiary/aromatic N) is 3. The number of carbonyl (C=O) groups excluding carboxylic acids is 2. The van der Waals surface area contributed by atoms with Gasteiger partial charge in [0, 0.05) is 5.56 Å². The SMILES string of the molecule is COC(=O)C1=C(C(=O)OC)N(c2cc(-c3nc4ccccc4s3)ccc2C)C(N)=C(C#N)C1c1ccccc1. The lowest BCUT2D eigenvalue weighted by molar-refractivity contribution is -0.139. The van der Waals surface area contributed by atoms with Crippen LogP contribution in [0.3, 0.4) is 0 Å². The minimum Gasteiger partial charge on any atom is -0.466 e. The molecule has 194 valence electrons. The molecule has 0 amide bonds. The van der Waals surface area contributed by atoms with Gasteiger partial charge in [-0.05, 0) is 36.2 Å². The Labute approximate surface area is 229 Å². The fourth-order valence-electron chi connectivity index (χ4n) is 4.74. The van der Waals surface area contributed by atoms with Crippen molar-refractivity contribution >= 4 is 39.2 Å². The second-order valence-corrected chi connectivity index (χ2v) is 9.85. The van der Waals surface area contributed by atoms with Crippen molar-refractivity contribution in [2.45, 2.75) is 12.8 Å². The molecule has 8 nitrogen and oxygen atoms in total. The molecule has 3 aromatic carbocycles. The molecule has 0 saturated heterocycles. The number of anilines is 1. The highest BCUT2D eigenvalue weighted by molar-refractivity contribution is 7.21. The molecule has 2 N–H and O–H groups in total. The summed E-state index contributed by atoms with van der Waals surface area (Å²) in [5, 5.41) is 11.1. The average Bonchev–Trinajstić information content (AvgIpc) is 3.41. The summed E-state index contributed by atoms with van der Waals surface area (Å²) in [6.45, 7) is 1.85. The van der Waals surface area contributed by atoms with Crippen molar-refractivity contribution in [1.82, 2.24) is 4.98 Å². The van der Waals surface area contributed by atoms with Gasteiger partial charge in [0.25, 0.3) is 0 Å². The smallest absolute Gasteiger partial charge is 0.355 e. The average molecular weight is 537 g/mol. The lowest BCUT2D eigenvalue weighted by atomic mass is 9.80. The predicted octanol–water partition coefficient (Wildman–Crippen LogP) is 5.17. The molecule has 0 bridgehead atoms. The van der Waals surface area contributed by atoms with E-state index in [4.69, 9.17) is 20.2 Å². The normalized spacial score (nSPS) is 15.3. The number of hydrogen-bond donors (Lipinski definition) is 1. The van der Waals surface area contributed by atoms with E-state index in [9.17, 15) is 14.9 Å². The van der Waals surface area contributed by atoms with Crippen LogP contribution in [0.25, 0.3) is 20.8 Å². The summed E-state index contributed by atoms with van der Waals surface area (Å²) < 4.78 is 11.3. The number of allylic oxidation sites excluding steroid dienone is 1. The third-order valence-electron chi connectivity index (χ3n) is 6.60. The molecule has 0 aliphatic carbocycles. The van der Waals surface area contributed by atoms with Crippen molar-refractivity contribution in [2.24, 2.45) is 5.73 Å². The summed E-state index contributed by atoms with van der Waals surface area (Å²) in [6.07, 6.45) is 0. The maximum Gasteiger partial charge on any atom is 0.355 e. The molecule has 1 atom stereocenters. The molecular formula is C30H24N4O4S. The summed E-state index contributed by atoms with van der Waals surface area (Å²) in [5.41, 5.74) is 10.2. The van der Waals surface area contributed by atoms with Crippen molar-refractivity contribution in [3.8, 4) is 16.6 Å². The molecule has 1 aliphatic heterocycles. The van der Waals surface area contributed by atoms with Gasteiger partial charge >= 0.3 is 11.9 Å². The van der Waals surface area contributed by atoms with Crippen LogP contribution in [-0.4, -0.2) is 31.1 Å². The quantitative estimate of drug-likeness (QED) is 0.347. The van der Waals surface area contributed by atoms with Crippen molar-refractivity contribution < 1.29 is 19.1 Å². The van der Waals surface area contributed by atoms with Crippen molar-refractivity contribution in [2.75, 3.05) is 19.1 Å². The second-order valence-electron chi connectivity index (χ2n) is 8.82. The topological polar surface area (TPSA) is 119 Å². The number of methoxy groups -OCH3 is 2. The van der Waals surface area contributed by atoms with Crippen molar-refractivity contribution in [3.05, 3.63) is 107 Å². The van der Waals surface area contributed by atoms with Crippen LogP contribution in [0.2, 0.25) is 0 Å². The van der Waals surface area contributed by atoms with Crippen LogP contribution in [0.1, 0.15) is 17.0 Å². The molecule has 1 aliphatic rings. The van der Waals surface area contributed by atoms with Gasteiger partial charge in [-0.15, -0.1) is 11.3 Å². The van der Waals surface area contributed by atoms with Crippen LogP contribution in [0.15, 0.2) is 95.5 Å². The molecule has 39 heavy (non-hydrogen) atoms. The van der Waals surface area contributed by atoms with E-state index in [1.807, 2.05) is 55.5 Å². The van der Waals surface area contributed by atoms with Crippen LogP contribution in [0.5, 0.6) is 0 Å². The number of thiazole rings is 1. The number of ether oxygens (including phenoxy) is 2. The van der Waals surface area contributed by atoms with Crippen LogP contribution in [0.4, 0.5) is 5.69 Å². The van der Waals surface area contributed by atoms with Crippen LogP contribution in [-0.2, 0) is 19.1 Å². The first-order chi connectivity index (χ1) is 18.9. The first-order valence-corrected chi connectivity index (χ1v) is 12.8. The van der Waals surface area contributed by atoms with E-state index in [0.717, 1.165) is 26.4 Å². The Balaban J connectivity index is 1.79. The number of esters is 2. The summed E-state index contributed by atoms with van der Waals surface area (Å²) >= 11 is 1.53. The van der Waals surface area contributed by atoms with E-state index >= 15 is 0 Å². The fraction of sp³-hybridized carbons (Fsp3) is 0.133. The number of fused-ring (bicyclic) bond motifs is 1. The number of para-hydroxylation sites is 1. The monoisotopic (exact) mass is 536 g/mol. The molecule has 1 unspecified atom stereocenters. The van der Waals surface area contributed by atoms with Crippen LogP contribution < -0.4 is 10.6 Å². The minimum atomic E-state index is -0.929. The number of nitriles is 1. The Morgan fingerprint density at radius 1 is 1.00 bits per heavy atom. The standard InChI is InChI=1S/C30H24N4O4S/c1-17-13-14-19(28-33-21-11-7-8-12-23(21)39-28)15-22(17)34-26(30(36)38-3)25(29(35)37-2)24(20(16-31)27(34)32)18-9-5-4-6-10-18/h4-15,24H,32H2,1-3H3. The third kappa shape index (κ3) is 4.41. The summed E-state index contributed by atoms with van der Waals surface area (Å²) in [4.78, 5) is 32.9. The van der Waals surface area contributed by atoms with E-state index in [-0.39, 0.29) is 22.7 Å². The lowest BCUT2D eigenvalue weighted by Gasteiger charge is -2.36. The van der Waals surface area contributed by atoms with E-state index in [0.29, 0.717) is 11.3 Å². The maximum atomic E-state index is 13.4. The number of carbonyl (C=O) groups is 2. The largest absolute Gasteiger partial charge is 0.466 e. The zero-order valence-corrected chi connectivity index (χ0v) is 22.3. The Hall–Kier alpha value is -4.94. The van der Waals surface area contributed by atoms with Crippen LogP contribution >= 0.6 is 11.3 Å². The van der Waals surface area contributed by atoms with Gasteiger partial charge in [0.05, 0.1) is 53.3 Å². The van der Waals surface area contributed by atoms with E-state index in [1.54, 1.807) is 24.3 Å². The Morgan fingerprint density at radius 3 is 2.36 bits per heavy atom. The van der Waals surface area contributed by atoms with Gasteiger partial charge in [-0.1, -0.05) is 54.6 Å². The van der Waals surface area contributed by atoms with E-state index < -0.39 is 17.9 Å². The van der Waals surface area contributed by atoms with Gasteiger partial charge in [0.1, 0.15) is 16.5 Å². The molecule has 0 fully saturated rings. The van der Waals surface area contributed by atoms with Gasteiger partial charge in [0.2, 0.25) is 0 Å².